The molecule has 92 valence electrons. The molecule has 0 aliphatic carbocycles. The number of rotatable bonds is 4. The van der Waals surface area contributed by atoms with Crippen LogP contribution in [-0.2, 0) is 0 Å². The number of methoxy groups -OCH3 is 3. The number of hydrogen-bond acceptors (Lipinski definition) is 4. The van der Waals surface area contributed by atoms with Crippen molar-refractivity contribution in [1.29, 1.82) is 0 Å². The first-order chi connectivity index (χ1) is 8.26. The summed E-state index contributed by atoms with van der Waals surface area (Å²) in [5, 5.41) is 2.96. The van der Waals surface area contributed by atoms with Crippen molar-refractivity contribution in [1.82, 2.24) is 5.32 Å². The van der Waals surface area contributed by atoms with E-state index in [0.717, 1.165) is 5.56 Å². The van der Waals surface area contributed by atoms with Crippen LogP contribution in [0.25, 0.3) is 0 Å². The summed E-state index contributed by atoms with van der Waals surface area (Å²) in [5.74, 6) is 7.80. The molecule has 0 fully saturated rings. The Kier molecular flexibility index (Phi) is 5.18. The molecule has 4 nitrogen and oxygen atoms in total. The molecule has 0 radical (unpaired) electrons. The molecule has 1 rings (SSSR count). The first-order valence-corrected chi connectivity index (χ1v) is 5.20. The highest BCUT2D eigenvalue weighted by atomic mass is 16.5. The van der Waals surface area contributed by atoms with Crippen molar-refractivity contribution in [2.75, 3.05) is 34.9 Å². The molecule has 0 amide bonds. The van der Waals surface area contributed by atoms with Gasteiger partial charge in [-0.05, 0) is 19.2 Å². The molecule has 17 heavy (non-hydrogen) atoms. The van der Waals surface area contributed by atoms with Gasteiger partial charge in [-0.2, -0.15) is 0 Å². The van der Waals surface area contributed by atoms with E-state index in [2.05, 4.69) is 17.2 Å². The Morgan fingerprint density at radius 3 is 2.06 bits per heavy atom. The van der Waals surface area contributed by atoms with E-state index in [4.69, 9.17) is 14.2 Å². The van der Waals surface area contributed by atoms with Gasteiger partial charge in [-0.15, -0.1) is 0 Å². The molecule has 0 heterocycles. The molecule has 0 spiro atoms. The van der Waals surface area contributed by atoms with Gasteiger partial charge in [-0.1, -0.05) is 11.8 Å². The van der Waals surface area contributed by atoms with Crippen LogP contribution in [0.4, 0.5) is 0 Å². The van der Waals surface area contributed by atoms with Crippen LogP contribution in [0.15, 0.2) is 12.1 Å². The molecule has 1 aromatic carbocycles. The van der Waals surface area contributed by atoms with Gasteiger partial charge >= 0.3 is 0 Å². The third-order valence-electron chi connectivity index (χ3n) is 2.16. The second-order valence-corrected chi connectivity index (χ2v) is 3.25. The standard InChI is InChI=1S/C13H17NO3/c1-14-7-5-6-10-8-11(15-2)13(17-4)12(9-10)16-3/h8-9,14H,7H2,1-4H3. The van der Waals surface area contributed by atoms with E-state index in [1.54, 1.807) is 21.3 Å². The van der Waals surface area contributed by atoms with E-state index in [1.807, 2.05) is 19.2 Å². The lowest BCUT2D eigenvalue weighted by molar-refractivity contribution is 0.324. The van der Waals surface area contributed by atoms with Crippen LogP contribution in [0.2, 0.25) is 0 Å². The summed E-state index contributed by atoms with van der Waals surface area (Å²) in [5.41, 5.74) is 0.828. The van der Waals surface area contributed by atoms with Crippen molar-refractivity contribution in [2.24, 2.45) is 0 Å². The van der Waals surface area contributed by atoms with Gasteiger partial charge in [0.05, 0.1) is 27.9 Å². The highest BCUT2D eigenvalue weighted by Crippen LogP contribution is 2.37. The molecule has 1 aromatic rings. The predicted octanol–water partition coefficient (Wildman–Crippen LogP) is 1.28. The van der Waals surface area contributed by atoms with Crippen molar-refractivity contribution >= 4 is 0 Å². The Hall–Kier alpha value is -1.86. The lowest BCUT2D eigenvalue weighted by Gasteiger charge is -2.12. The van der Waals surface area contributed by atoms with Gasteiger partial charge in [0.2, 0.25) is 5.75 Å². The molecule has 0 aliphatic rings. The highest BCUT2D eigenvalue weighted by molar-refractivity contribution is 5.57. The van der Waals surface area contributed by atoms with E-state index in [1.165, 1.54) is 0 Å². The Morgan fingerprint density at radius 2 is 1.65 bits per heavy atom. The van der Waals surface area contributed by atoms with E-state index in [0.29, 0.717) is 23.8 Å². The van der Waals surface area contributed by atoms with Crippen LogP contribution >= 0.6 is 0 Å². The van der Waals surface area contributed by atoms with Crippen LogP contribution in [0, 0.1) is 11.8 Å². The van der Waals surface area contributed by atoms with Gasteiger partial charge < -0.3 is 19.5 Å². The fraction of sp³-hybridized carbons (Fsp3) is 0.385. The van der Waals surface area contributed by atoms with Crippen molar-refractivity contribution in [3.8, 4) is 29.1 Å². The molecule has 0 atom stereocenters. The van der Waals surface area contributed by atoms with Gasteiger partial charge in [0, 0.05) is 5.56 Å². The lowest BCUT2D eigenvalue weighted by Crippen LogP contribution is -2.04. The quantitative estimate of drug-likeness (QED) is 0.798. The first-order valence-electron chi connectivity index (χ1n) is 5.20. The van der Waals surface area contributed by atoms with Crippen LogP contribution in [-0.4, -0.2) is 34.9 Å². The largest absolute Gasteiger partial charge is 0.493 e. The van der Waals surface area contributed by atoms with Gasteiger partial charge in [0.15, 0.2) is 11.5 Å². The summed E-state index contributed by atoms with van der Waals surface area (Å²) in [6, 6.07) is 3.65. The zero-order valence-corrected chi connectivity index (χ0v) is 10.6. The Bertz CT molecular complexity index is 407. The maximum atomic E-state index is 5.24. The van der Waals surface area contributed by atoms with E-state index >= 15 is 0 Å². The zero-order valence-electron chi connectivity index (χ0n) is 10.6. The molecule has 0 saturated carbocycles. The van der Waals surface area contributed by atoms with Gasteiger partial charge in [-0.25, -0.2) is 0 Å². The van der Waals surface area contributed by atoms with Gasteiger partial charge in [0.25, 0.3) is 0 Å². The maximum Gasteiger partial charge on any atom is 0.203 e. The van der Waals surface area contributed by atoms with Gasteiger partial charge in [0.1, 0.15) is 0 Å². The highest BCUT2D eigenvalue weighted by Gasteiger charge is 2.11. The van der Waals surface area contributed by atoms with Crippen molar-refractivity contribution in [3.63, 3.8) is 0 Å². The summed E-state index contributed by atoms with van der Waals surface area (Å²) in [4.78, 5) is 0. The number of hydrogen-bond donors (Lipinski definition) is 1. The van der Waals surface area contributed by atoms with E-state index < -0.39 is 0 Å². The molecule has 0 aromatic heterocycles. The Balaban J connectivity index is 3.14. The van der Waals surface area contributed by atoms with Crippen LogP contribution in [0.3, 0.4) is 0 Å². The molecular formula is C13H17NO3. The average molecular weight is 235 g/mol. The first kappa shape index (κ1) is 13.2. The zero-order chi connectivity index (χ0) is 12.7. The predicted molar refractivity (Wildman–Crippen MR) is 66.9 cm³/mol. The van der Waals surface area contributed by atoms with E-state index in [-0.39, 0.29) is 0 Å². The fourth-order valence-electron chi connectivity index (χ4n) is 1.39. The molecule has 0 saturated heterocycles. The second kappa shape index (κ2) is 6.66. The summed E-state index contributed by atoms with van der Waals surface area (Å²) >= 11 is 0. The molecule has 0 aliphatic heterocycles. The fourth-order valence-corrected chi connectivity index (χ4v) is 1.39. The summed E-state index contributed by atoms with van der Waals surface area (Å²) in [6.07, 6.45) is 0. The van der Waals surface area contributed by atoms with Crippen LogP contribution in [0.1, 0.15) is 5.56 Å². The smallest absolute Gasteiger partial charge is 0.203 e. The van der Waals surface area contributed by atoms with E-state index in [9.17, 15) is 0 Å². The number of benzene rings is 1. The minimum absolute atomic E-state index is 0.578. The summed E-state index contributed by atoms with van der Waals surface area (Å²) in [6.45, 7) is 0.636. The SMILES string of the molecule is CNCC#Cc1cc(OC)c(OC)c(OC)c1. The maximum absolute atomic E-state index is 5.24. The molecule has 1 N–H and O–H groups in total. The normalized spacial score (nSPS) is 9.18. The van der Waals surface area contributed by atoms with Crippen LogP contribution in [0.5, 0.6) is 17.2 Å². The van der Waals surface area contributed by atoms with Gasteiger partial charge in [-0.3, -0.25) is 0 Å². The molecular weight excluding hydrogens is 218 g/mol. The second-order valence-electron chi connectivity index (χ2n) is 3.25. The third-order valence-corrected chi connectivity index (χ3v) is 2.16. The number of nitrogens with one attached hydrogen (secondary N) is 1. The van der Waals surface area contributed by atoms with Crippen molar-refractivity contribution in [2.45, 2.75) is 0 Å². The van der Waals surface area contributed by atoms with Crippen molar-refractivity contribution in [3.05, 3.63) is 17.7 Å². The minimum atomic E-state index is 0.578. The summed E-state index contributed by atoms with van der Waals surface area (Å²) < 4.78 is 15.7. The average Bonchev–Trinajstić information content (AvgIpc) is 2.37. The Morgan fingerprint density at radius 1 is 1.06 bits per heavy atom. The summed E-state index contributed by atoms with van der Waals surface area (Å²) in [7, 11) is 6.60. The monoisotopic (exact) mass is 235 g/mol. The Labute approximate surface area is 102 Å². The lowest BCUT2D eigenvalue weighted by atomic mass is 10.2. The van der Waals surface area contributed by atoms with Crippen molar-refractivity contribution < 1.29 is 14.2 Å². The molecule has 0 unspecified atom stereocenters. The molecule has 4 heteroatoms. The molecule has 0 bridgehead atoms. The topological polar surface area (TPSA) is 39.7 Å². The van der Waals surface area contributed by atoms with Crippen LogP contribution < -0.4 is 19.5 Å². The third kappa shape index (κ3) is 3.30. The number of ether oxygens (including phenoxy) is 3. The minimum Gasteiger partial charge on any atom is -0.493 e.